The summed E-state index contributed by atoms with van der Waals surface area (Å²) in [7, 11) is 0. The average molecular weight is 929 g/mol. The molecule has 4 N–H and O–H groups in total. The van der Waals surface area contributed by atoms with Gasteiger partial charge in [0.15, 0.2) is 0 Å². The number of aryl methyl sites for hydroxylation is 4. The minimum atomic E-state index is -0.0178. The van der Waals surface area contributed by atoms with Crippen LogP contribution in [0.2, 0.25) is 0 Å². The summed E-state index contributed by atoms with van der Waals surface area (Å²) >= 11 is 0. The standard InChI is InChI=1S/4C15H24O.Ti/c4*1-10-8-11(14(2,3)4)13(16)12(9-10)15(5,6)7;/h4*8-9,16H,1-7H3;. The molecule has 0 aliphatic rings. The second kappa shape index (κ2) is 21.4. The van der Waals surface area contributed by atoms with Gasteiger partial charge in [0.25, 0.3) is 0 Å². The number of hydrogen-bond donors (Lipinski definition) is 4. The van der Waals surface area contributed by atoms with E-state index in [9.17, 15) is 20.4 Å². The second-order valence-corrected chi connectivity index (χ2v) is 26.8. The number of phenols is 4. The van der Waals surface area contributed by atoms with Crippen LogP contribution in [0.3, 0.4) is 0 Å². The van der Waals surface area contributed by atoms with E-state index in [1.807, 2.05) is 0 Å². The molecular formula is C60H96O4Ti. The van der Waals surface area contributed by atoms with Crippen molar-refractivity contribution in [2.45, 2.75) is 237 Å². The minimum Gasteiger partial charge on any atom is -0.507 e. The number of aromatic hydroxyl groups is 4. The number of hydrogen-bond acceptors (Lipinski definition) is 4. The van der Waals surface area contributed by atoms with Crippen molar-refractivity contribution in [1.82, 2.24) is 0 Å². The van der Waals surface area contributed by atoms with Crippen molar-refractivity contribution in [3.63, 3.8) is 0 Å². The Morgan fingerprint density at radius 3 is 0.354 bits per heavy atom. The summed E-state index contributed by atoms with van der Waals surface area (Å²) in [6, 6.07) is 16.7. The third-order valence-electron chi connectivity index (χ3n) is 11.5. The fourth-order valence-corrected chi connectivity index (χ4v) is 7.69. The molecule has 0 atom stereocenters. The van der Waals surface area contributed by atoms with Crippen molar-refractivity contribution in [3.05, 3.63) is 115 Å². The average Bonchev–Trinajstić information content (AvgIpc) is 3.05. The van der Waals surface area contributed by atoms with Crippen molar-refractivity contribution in [2.75, 3.05) is 0 Å². The molecule has 4 aromatic rings. The van der Waals surface area contributed by atoms with Crippen LogP contribution in [0, 0.1) is 27.7 Å². The van der Waals surface area contributed by atoms with Gasteiger partial charge in [0.2, 0.25) is 0 Å². The van der Waals surface area contributed by atoms with Gasteiger partial charge in [-0.2, -0.15) is 0 Å². The number of rotatable bonds is 0. The first-order valence-corrected chi connectivity index (χ1v) is 23.5. The molecular weight excluding hydrogens is 833 g/mol. The predicted molar refractivity (Wildman–Crippen MR) is 281 cm³/mol. The Hall–Kier alpha value is -3.21. The van der Waals surface area contributed by atoms with Crippen LogP contribution in [0.25, 0.3) is 0 Å². The third-order valence-corrected chi connectivity index (χ3v) is 11.5. The molecule has 4 aromatic carbocycles. The fourth-order valence-electron chi connectivity index (χ4n) is 7.69. The fraction of sp³-hybridized carbons (Fsp3) is 0.600. The van der Waals surface area contributed by atoms with E-state index in [4.69, 9.17) is 0 Å². The van der Waals surface area contributed by atoms with Gasteiger partial charge in [0, 0.05) is 21.7 Å². The number of benzene rings is 4. The van der Waals surface area contributed by atoms with Crippen LogP contribution in [0.5, 0.6) is 23.0 Å². The van der Waals surface area contributed by atoms with Crippen molar-refractivity contribution in [2.24, 2.45) is 0 Å². The van der Waals surface area contributed by atoms with Gasteiger partial charge in [0.05, 0.1) is 0 Å². The maximum atomic E-state index is 10.4. The summed E-state index contributed by atoms with van der Waals surface area (Å²) < 4.78 is 0. The zero-order chi connectivity index (χ0) is 50.9. The Morgan fingerprint density at radius 1 is 0.215 bits per heavy atom. The molecule has 4 nitrogen and oxygen atoms in total. The Kier molecular flexibility index (Phi) is 20.3. The van der Waals surface area contributed by atoms with Crippen LogP contribution in [0.4, 0.5) is 0 Å². The Labute approximate surface area is 415 Å². The first kappa shape index (κ1) is 61.8. The van der Waals surface area contributed by atoms with Crippen molar-refractivity contribution in [3.8, 4) is 23.0 Å². The van der Waals surface area contributed by atoms with Crippen LogP contribution in [-0.2, 0) is 65.0 Å². The van der Waals surface area contributed by atoms with Crippen LogP contribution in [0.15, 0.2) is 48.5 Å². The monoisotopic (exact) mass is 929 g/mol. The van der Waals surface area contributed by atoms with Crippen molar-refractivity contribution >= 4 is 0 Å². The van der Waals surface area contributed by atoms with Gasteiger partial charge in [-0.25, -0.2) is 0 Å². The van der Waals surface area contributed by atoms with Gasteiger partial charge >= 0.3 is 0 Å². The summed E-state index contributed by atoms with van der Waals surface area (Å²) in [5, 5.41) is 41.5. The van der Waals surface area contributed by atoms with E-state index in [0.29, 0.717) is 23.0 Å². The first-order valence-electron chi connectivity index (χ1n) is 23.5. The molecule has 4 rings (SSSR count). The largest absolute Gasteiger partial charge is 0.507 e. The van der Waals surface area contributed by atoms with E-state index in [0.717, 1.165) is 44.5 Å². The molecule has 0 aliphatic heterocycles. The molecule has 0 radical (unpaired) electrons. The van der Waals surface area contributed by atoms with E-state index < -0.39 is 0 Å². The van der Waals surface area contributed by atoms with Gasteiger partial charge in [-0.05, 0) is 116 Å². The summed E-state index contributed by atoms with van der Waals surface area (Å²) in [5.41, 5.74) is 13.0. The zero-order valence-electron chi connectivity index (χ0n) is 46.9. The molecule has 0 saturated carbocycles. The molecule has 0 heterocycles. The maximum Gasteiger partial charge on any atom is 0.123 e. The van der Waals surface area contributed by atoms with E-state index in [1.165, 1.54) is 22.3 Å². The summed E-state index contributed by atoms with van der Waals surface area (Å²) in [6.45, 7) is 59.5. The Bertz CT molecular complexity index is 1740. The number of phenolic OH excluding ortho intramolecular Hbond substituents is 4. The smallest absolute Gasteiger partial charge is 0.123 e. The second-order valence-electron chi connectivity index (χ2n) is 26.8. The maximum absolute atomic E-state index is 10.4. The molecule has 65 heavy (non-hydrogen) atoms. The molecule has 0 aliphatic carbocycles. The van der Waals surface area contributed by atoms with E-state index in [-0.39, 0.29) is 65.0 Å². The molecule has 364 valence electrons. The molecule has 0 bridgehead atoms. The summed E-state index contributed by atoms with van der Waals surface area (Å²) in [4.78, 5) is 0. The third kappa shape index (κ3) is 17.8. The van der Waals surface area contributed by atoms with Gasteiger partial charge in [0.1, 0.15) is 23.0 Å². The molecule has 0 spiro atoms. The Balaban J connectivity index is 0.000000836. The molecule has 0 unspecified atom stereocenters. The minimum absolute atomic E-state index is 0. The van der Waals surface area contributed by atoms with E-state index in [2.05, 4.69) is 242 Å². The van der Waals surface area contributed by atoms with Crippen molar-refractivity contribution in [1.29, 1.82) is 0 Å². The first-order chi connectivity index (χ1) is 28.1. The molecule has 0 aromatic heterocycles. The Morgan fingerprint density at radius 2 is 0.292 bits per heavy atom. The zero-order valence-corrected chi connectivity index (χ0v) is 48.5. The van der Waals surface area contributed by atoms with E-state index >= 15 is 0 Å². The SMILES string of the molecule is Cc1cc(C(C)(C)C)c(O)c(C(C)(C)C)c1.Cc1cc(C(C)(C)C)c(O)c(C(C)(C)C)c1.Cc1cc(C(C)(C)C)c(O)c(C(C)(C)C)c1.Cc1cc(C(C)(C)C)c(O)c(C(C)(C)C)c1.[Ti]. The summed E-state index contributed by atoms with van der Waals surface area (Å²) in [5.74, 6) is 1.85. The predicted octanol–water partition coefficient (Wildman–Crippen LogP) is 17.2. The quantitative estimate of drug-likeness (QED) is 0.132. The van der Waals surface area contributed by atoms with Gasteiger partial charge in [-0.15, -0.1) is 0 Å². The van der Waals surface area contributed by atoms with Gasteiger partial charge in [-0.3, -0.25) is 0 Å². The van der Waals surface area contributed by atoms with Crippen LogP contribution < -0.4 is 0 Å². The molecule has 0 fully saturated rings. The topological polar surface area (TPSA) is 80.9 Å². The van der Waals surface area contributed by atoms with Crippen LogP contribution in [-0.4, -0.2) is 20.4 Å². The van der Waals surface area contributed by atoms with Gasteiger partial charge in [-0.1, -0.05) is 237 Å². The van der Waals surface area contributed by atoms with Crippen molar-refractivity contribution < 1.29 is 42.1 Å². The van der Waals surface area contributed by atoms with E-state index in [1.54, 1.807) is 0 Å². The molecule has 5 heteroatoms. The normalized spacial score (nSPS) is 12.7. The molecule has 0 amide bonds. The summed E-state index contributed by atoms with van der Waals surface area (Å²) in [6.07, 6.45) is 0. The van der Waals surface area contributed by atoms with Crippen LogP contribution in [0.1, 0.15) is 233 Å². The van der Waals surface area contributed by atoms with Gasteiger partial charge < -0.3 is 20.4 Å². The molecule has 0 saturated heterocycles. The van der Waals surface area contributed by atoms with Crippen LogP contribution >= 0.6 is 0 Å².